The van der Waals surface area contributed by atoms with Gasteiger partial charge in [-0.2, -0.15) is 0 Å². The molecule has 0 amide bonds. The quantitative estimate of drug-likeness (QED) is 0.888. The Hall–Kier alpha value is -1.80. The van der Waals surface area contributed by atoms with E-state index in [2.05, 4.69) is 67.4 Å². The Morgan fingerprint density at radius 1 is 1.00 bits per heavy atom. The lowest BCUT2D eigenvalue weighted by atomic mass is 10.1. The highest BCUT2D eigenvalue weighted by Gasteiger charge is 2.03. The molecule has 94 valence electrons. The van der Waals surface area contributed by atoms with Crippen LogP contribution in [0.5, 0.6) is 0 Å². The zero-order valence-corrected chi connectivity index (χ0v) is 11.1. The molecule has 0 atom stereocenters. The van der Waals surface area contributed by atoms with Gasteiger partial charge in [0.25, 0.3) is 0 Å². The zero-order chi connectivity index (χ0) is 13.0. The van der Waals surface area contributed by atoms with Gasteiger partial charge in [0.15, 0.2) is 0 Å². The molecule has 0 heterocycles. The summed E-state index contributed by atoms with van der Waals surface area (Å²) < 4.78 is 0. The summed E-state index contributed by atoms with van der Waals surface area (Å²) >= 11 is 0. The molecule has 0 saturated heterocycles. The largest absolute Gasteiger partial charge is 0.345 e. The molecular formula is C16H20N2. The minimum atomic E-state index is 0.701. The van der Waals surface area contributed by atoms with Crippen molar-refractivity contribution in [1.82, 2.24) is 0 Å². The number of anilines is 2. The third kappa shape index (κ3) is 2.90. The molecule has 0 radical (unpaired) electrons. The predicted octanol–water partition coefficient (Wildman–Crippen LogP) is 3.26. The molecule has 2 aromatic rings. The molecule has 2 aromatic carbocycles. The van der Waals surface area contributed by atoms with Crippen LogP contribution in [0.4, 0.5) is 11.4 Å². The van der Waals surface area contributed by atoms with Crippen LogP contribution in [0.3, 0.4) is 0 Å². The van der Waals surface area contributed by atoms with Crippen molar-refractivity contribution in [3.63, 3.8) is 0 Å². The standard InChI is InChI=1S/C16H20N2/c1-13-4-3-5-16(12-13)18(2)15-8-6-14(7-9-15)10-11-17/h3-9,12H,10-11,17H2,1-2H3. The van der Waals surface area contributed by atoms with Crippen molar-refractivity contribution in [2.75, 3.05) is 18.5 Å². The fourth-order valence-corrected chi connectivity index (χ4v) is 2.04. The van der Waals surface area contributed by atoms with Crippen LogP contribution in [-0.2, 0) is 6.42 Å². The summed E-state index contributed by atoms with van der Waals surface area (Å²) in [6.45, 7) is 2.81. The van der Waals surface area contributed by atoms with Crippen molar-refractivity contribution < 1.29 is 0 Å². The van der Waals surface area contributed by atoms with Gasteiger partial charge in [-0.25, -0.2) is 0 Å². The van der Waals surface area contributed by atoms with Crippen LogP contribution in [-0.4, -0.2) is 13.6 Å². The van der Waals surface area contributed by atoms with Gasteiger partial charge in [0.2, 0.25) is 0 Å². The molecular weight excluding hydrogens is 220 g/mol. The molecule has 0 unspecified atom stereocenters. The van der Waals surface area contributed by atoms with Crippen molar-refractivity contribution in [3.05, 3.63) is 59.7 Å². The van der Waals surface area contributed by atoms with Crippen LogP contribution in [0, 0.1) is 6.92 Å². The van der Waals surface area contributed by atoms with E-state index in [1.807, 2.05) is 0 Å². The fourth-order valence-electron chi connectivity index (χ4n) is 2.04. The number of hydrogen-bond acceptors (Lipinski definition) is 2. The summed E-state index contributed by atoms with van der Waals surface area (Å²) in [5, 5.41) is 0. The highest BCUT2D eigenvalue weighted by atomic mass is 15.1. The number of nitrogens with two attached hydrogens (primary N) is 1. The lowest BCUT2D eigenvalue weighted by molar-refractivity contribution is 0.968. The molecule has 0 aliphatic carbocycles. The summed E-state index contributed by atoms with van der Waals surface area (Å²) in [6.07, 6.45) is 0.939. The second-order valence-corrected chi connectivity index (χ2v) is 4.60. The number of rotatable bonds is 4. The highest BCUT2D eigenvalue weighted by Crippen LogP contribution is 2.24. The summed E-state index contributed by atoms with van der Waals surface area (Å²) in [6, 6.07) is 17.1. The molecule has 2 N–H and O–H groups in total. The number of aryl methyl sites for hydroxylation is 1. The Bertz CT molecular complexity index is 503. The van der Waals surface area contributed by atoms with Gasteiger partial charge < -0.3 is 10.6 Å². The Morgan fingerprint density at radius 3 is 2.33 bits per heavy atom. The van der Waals surface area contributed by atoms with Crippen molar-refractivity contribution in [3.8, 4) is 0 Å². The monoisotopic (exact) mass is 240 g/mol. The fraction of sp³-hybridized carbons (Fsp3) is 0.250. The Morgan fingerprint density at radius 2 is 1.72 bits per heavy atom. The van der Waals surface area contributed by atoms with E-state index in [4.69, 9.17) is 5.73 Å². The number of nitrogens with zero attached hydrogens (tertiary/aromatic N) is 1. The lowest BCUT2D eigenvalue weighted by Crippen LogP contribution is -2.09. The van der Waals surface area contributed by atoms with Crippen LogP contribution in [0.25, 0.3) is 0 Å². The number of hydrogen-bond donors (Lipinski definition) is 1. The van der Waals surface area contributed by atoms with Gasteiger partial charge in [-0.3, -0.25) is 0 Å². The minimum Gasteiger partial charge on any atom is -0.345 e. The first-order chi connectivity index (χ1) is 8.70. The smallest absolute Gasteiger partial charge is 0.0410 e. The Kier molecular flexibility index (Phi) is 4.00. The molecule has 0 aromatic heterocycles. The first kappa shape index (κ1) is 12.7. The molecule has 0 bridgehead atoms. The van der Waals surface area contributed by atoms with E-state index >= 15 is 0 Å². The summed E-state index contributed by atoms with van der Waals surface area (Å²) in [7, 11) is 2.09. The van der Waals surface area contributed by atoms with Crippen molar-refractivity contribution in [2.45, 2.75) is 13.3 Å². The Labute approximate surface area is 109 Å². The highest BCUT2D eigenvalue weighted by molar-refractivity contribution is 5.63. The van der Waals surface area contributed by atoms with E-state index in [0.29, 0.717) is 6.54 Å². The molecule has 2 heteroatoms. The first-order valence-electron chi connectivity index (χ1n) is 6.30. The molecule has 0 aliphatic heterocycles. The summed E-state index contributed by atoms with van der Waals surface area (Å²) in [4.78, 5) is 2.19. The third-order valence-corrected chi connectivity index (χ3v) is 3.15. The molecule has 0 aliphatic rings. The van der Waals surface area contributed by atoms with Gasteiger partial charge in [-0.05, 0) is 55.3 Å². The molecule has 2 rings (SSSR count). The van der Waals surface area contributed by atoms with Gasteiger partial charge in [-0.1, -0.05) is 24.3 Å². The lowest BCUT2D eigenvalue weighted by Gasteiger charge is -2.20. The number of benzene rings is 2. The van der Waals surface area contributed by atoms with Crippen LogP contribution < -0.4 is 10.6 Å². The normalized spacial score (nSPS) is 10.4. The molecule has 0 fully saturated rings. The van der Waals surface area contributed by atoms with E-state index in [9.17, 15) is 0 Å². The third-order valence-electron chi connectivity index (χ3n) is 3.15. The summed E-state index contributed by atoms with van der Waals surface area (Å²) in [5.41, 5.74) is 10.5. The Balaban J connectivity index is 2.20. The van der Waals surface area contributed by atoms with Crippen molar-refractivity contribution in [2.24, 2.45) is 5.73 Å². The van der Waals surface area contributed by atoms with E-state index in [-0.39, 0.29) is 0 Å². The second-order valence-electron chi connectivity index (χ2n) is 4.60. The summed E-state index contributed by atoms with van der Waals surface area (Å²) in [5.74, 6) is 0. The van der Waals surface area contributed by atoms with Gasteiger partial charge in [0, 0.05) is 18.4 Å². The van der Waals surface area contributed by atoms with Crippen molar-refractivity contribution >= 4 is 11.4 Å². The molecule has 2 nitrogen and oxygen atoms in total. The maximum absolute atomic E-state index is 5.56. The minimum absolute atomic E-state index is 0.701. The van der Waals surface area contributed by atoms with Crippen LogP contribution >= 0.6 is 0 Å². The molecule has 0 saturated carbocycles. The topological polar surface area (TPSA) is 29.3 Å². The van der Waals surface area contributed by atoms with E-state index in [1.54, 1.807) is 0 Å². The molecule has 18 heavy (non-hydrogen) atoms. The average Bonchev–Trinajstić information content (AvgIpc) is 2.39. The van der Waals surface area contributed by atoms with Gasteiger partial charge in [0.05, 0.1) is 0 Å². The van der Waals surface area contributed by atoms with Gasteiger partial charge in [-0.15, -0.1) is 0 Å². The molecule has 0 spiro atoms. The van der Waals surface area contributed by atoms with Crippen LogP contribution in [0.1, 0.15) is 11.1 Å². The van der Waals surface area contributed by atoms with Gasteiger partial charge in [0.1, 0.15) is 0 Å². The van der Waals surface area contributed by atoms with E-state index in [0.717, 1.165) is 6.42 Å². The SMILES string of the molecule is Cc1cccc(N(C)c2ccc(CCN)cc2)c1. The zero-order valence-electron chi connectivity index (χ0n) is 11.1. The first-order valence-corrected chi connectivity index (χ1v) is 6.30. The maximum atomic E-state index is 5.56. The van der Waals surface area contributed by atoms with Crippen molar-refractivity contribution in [1.29, 1.82) is 0 Å². The maximum Gasteiger partial charge on any atom is 0.0410 e. The van der Waals surface area contributed by atoms with Gasteiger partial charge >= 0.3 is 0 Å². The average molecular weight is 240 g/mol. The van der Waals surface area contributed by atoms with E-state index in [1.165, 1.54) is 22.5 Å². The second kappa shape index (κ2) is 5.69. The van der Waals surface area contributed by atoms with Crippen LogP contribution in [0.15, 0.2) is 48.5 Å². The predicted molar refractivity (Wildman–Crippen MR) is 78.4 cm³/mol. The van der Waals surface area contributed by atoms with E-state index < -0.39 is 0 Å². The van der Waals surface area contributed by atoms with Crippen LogP contribution in [0.2, 0.25) is 0 Å².